The normalized spacial score (nSPS) is 14.7. The third kappa shape index (κ3) is 5.09. The lowest BCUT2D eigenvalue weighted by molar-refractivity contribution is -0.384. The molecule has 1 aliphatic heterocycles. The number of hydrogen-bond donors (Lipinski definition) is 0. The third-order valence-electron chi connectivity index (χ3n) is 7.56. The molecule has 3 aromatic carbocycles. The molecule has 0 aliphatic carbocycles. The summed E-state index contributed by atoms with van der Waals surface area (Å²) >= 11 is 1.26. The van der Waals surface area contributed by atoms with Crippen LogP contribution in [0.4, 0.5) is 5.69 Å². The molecule has 0 bridgehead atoms. The number of fused-ring (bicyclic) bond motifs is 1. The first-order valence-electron chi connectivity index (χ1n) is 14.1. The number of benzene rings is 3. The first kappa shape index (κ1) is 28.8. The Morgan fingerprint density at radius 2 is 1.68 bits per heavy atom. The summed E-state index contributed by atoms with van der Waals surface area (Å²) in [6.07, 6.45) is 1.84. The molecule has 0 spiro atoms. The molecule has 220 valence electrons. The predicted octanol–water partition coefficient (Wildman–Crippen LogP) is 5.25. The largest absolute Gasteiger partial charge is 0.463 e. The van der Waals surface area contributed by atoms with Crippen LogP contribution in [-0.2, 0) is 9.53 Å². The van der Waals surface area contributed by atoms with E-state index in [4.69, 9.17) is 9.73 Å². The van der Waals surface area contributed by atoms with Gasteiger partial charge in [0.15, 0.2) is 4.80 Å². The van der Waals surface area contributed by atoms with Crippen molar-refractivity contribution in [3.05, 3.63) is 154 Å². The number of nitro groups is 1. The van der Waals surface area contributed by atoms with E-state index in [-0.39, 0.29) is 17.9 Å². The van der Waals surface area contributed by atoms with Gasteiger partial charge in [0.05, 0.1) is 33.4 Å². The number of hydrogen-bond acceptors (Lipinski definition) is 7. The number of aromatic nitrogens is 2. The number of rotatable bonds is 7. The van der Waals surface area contributed by atoms with E-state index < -0.39 is 16.9 Å². The van der Waals surface area contributed by atoms with Crippen molar-refractivity contribution in [1.29, 1.82) is 0 Å². The van der Waals surface area contributed by atoms with E-state index in [0.717, 1.165) is 33.8 Å². The van der Waals surface area contributed by atoms with Gasteiger partial charge in [-0.15, -0.1) is 0 Å². The summed E-state index contributed by atoms with van der Waals surface area (Å²) in [5.41, 5.74) is 5.44. The van der Waals surface area contributed by atoms with Gasteiger partial charge >= 0.3 is 5.97 Å². The average molecular weight is 605 g/mol. The zero-order valence-electron chi connectivity index (χ0n) is 24.3. The van der Waals surface area contributed by atoms with E-state index >= 15 is 0 Å². The van der Waals surface area contributed by atoms with E-state index in [1.165, 1.54) is 23.5 Å². The molecule has 0 amide bonds. The first-order chi connectivity index (χ1) is 21.3. The second-order valence-electron chi connectivity index (χ2n) is 10.3. The number of esters is 1. The lowest BCUT2D eigenvalue weighted by Crippen LogP contribution is -2.40. The van der Waals surface area contributed by atoms with Gasteiger partial charge in [-0.1, -0.05) is 72.0 Å². The minimum Gasteiger partial charge on any atom is -0.463 e. The number of nitro benzene ring substituents is 1. The van der Waals surface area contributed by atoms with Gasteiger partial charge < -0.3 is 9.30 Å². The lowest BCUT2D eigenvalue weighted by Gasteiger charge is -2.25. The van der Waals surface area contributed by atoms with Crippen LogP contribution in [0.1, 0.15) is 41.0 Å². The topological polar surface area (TPSA) is 109 Å². The number of thiazole rings is 1. The van der Waals surface area contributed by atoms with Crippen molar-refractivity contribution in [3.63, 3.8) is 0 Å². The maximum Gasteiger partial charge on any atom is 0.338 e. The van der Waals surface area contributed by atoms with Crippen LogP contribution in [-0.4, -0.2) is 26.6 Å². The molecule has 1 aliphatic rings. The van der Waals surface area contributed by atoms with Gasteiger partial charge in [0.25, 0.3) is 11.2 Å². The van der Waals surface area contributed by atoms with E-state index in [1.807, 2.05) is 91.2 Å². The van der Waals surface area contributed by atoms with Gasteiger partial charge in [0.1, 0.15) is 0 Å². The van der Waals surface area contributed by atoms with Crippen molar-refractivity contribution in [2.24, 2.45) is 4.99 Å². The number of nitrogens with zero attached hydrogens (tertiary/aromatic N) is 4. The van der Waals surface area contributed by atoms with Crippen LogP contribution in [0.2, 0.25) is 0 Å². The molecule has 5 aromatic rings. The molecular formula is C34H28N4O5S. The predicted molar refractivity (Wildman–Crippen MR) is 169 cm³/mol. The molecule has 0 radical (unpaired) electrons. The quantitative estimate of drug-likeness (QED) is 0.143. The molecular weight excluding hydrogens is 576 g/mol. The van der Waals surface area contributed by atoms with Gasteiger partial charge in [-0.05, 0) is 56.2 Å². The van der Waals surface area contributed by atoms with Crippen LogP contribution in [0, 0.1) is 24.0 Å². The molecule has 9 nitrogen and oxygen atoms in total. The minimum absolute atomic E-state index is 0.0163. The van der Waals surface area contributed by atoms with Gasteiger partial charge in [-0.3, -0.25) is 19.5 Å². The summed E-state index contributed by atoms with van der Waals surface area (Å²) in [4.78, 5) is 43.8. The molecule has 44 heavy (non-hydrogen) atoms. The molecule has 0 N–H and O–H groups in total. The highest BCUT2D eigenvalue weighted by Crippen LogP contribution is 2.35. The third-order valence-corrected chi connectivity index (χ3v) is 8.55. The number of ether oxygens (including phenoxy) is 1. The van der Waals surface area contributed by atoms with Crippen molar-refractivity contribution in [2.75, 3.05) is 6.61 Å². The Bertz CT molecular complexity index is 2110. The zero-order valence-corrected chi connectivity index (χ0v) is 25.1. The van der Waals surface area contributed by atoms with Crippen LogP contribution < -0.4 is 14.9 Å². The number of aryl methyl sites for hydroxylation is 1. The van der Waals surface area contributed by atoms with E-state index in [1.54, 1.807) is 23.6 Å². The zero-order chi connectivity index (χ0) is 31.0. The highest BCUT2D eigenvalue weighted by molar-refractivity contribution is 7.07. The van der Waals surface area contributed by atoms with Crippen molar-refractivity contribution in [3.8, 4) is 5.69 Å². The maximum atomic E-state index is 14.2. The Morgan fingerprint density at radius 3 is 2.32 bits per heavy atom. The smallest absolute Gasteiger partial charge is 0.338 e. The molecule has 0 unspecified atom stereocenters. The number of carbonyl (C=O) groups excluding carboxylic acids is 1. The highest BCUT2D eigenvalue weighted by Gasteiger charge is 2.35. The summed E-state index contributed by atoms with van der Waals surface area (Å²) < 4.78 is 9.56. The lowest BCUT2D eigenvalue weighted by atomic mass is 9.93. The Hall–Kier alpha value is -5.35. The number of carbonyl (C=O) groups is 1. The van der Waals surface area contributed by atoms with E-state index in [0.29, 0.717) is 20.6 Å². The van der Waals surface area contributed by atoms with Crippen LogP contribution in [0.5, 0.6) is 0 Å². The van der Waals surface area contributed by atoms with Crippen molar-refractivity contribution in [1.82, 2.24) is 9.13 Å². The van der Waals surface area contributed by atoms with Crippen molar-refractivity contribution in [2.45, 2.75) is 26.8 Å². The SMILES string of the molecule is CCOC(=O)C1=C(c2ccccc2)N=c2s/c(=C\c3cc(C)n(-c4ccc([N+](=O)[O-])cc4)c3C)c(=O)n2[C@H]1c1ccccc1. The van der Waals surface area contributed by atoms with Crippen molar-refractivity contribution >= 4 is 34.8 Å². The molecule has 0 saturated heterocycles. The fourth-order valence-electron chi connectivity index (χ4n) is 5.59. The van der Waals surface area contributed by atoms with Crippen molar-refractivity contribution < 1.29 is 14.5 Å². The standard InChI is InChI=1S/C34H28N4O5S/c1-4-43-33(40)29-30(23-11-7-5-8-12-23)35-34-37(31(29)24-13-9-6-10-14-24)32(39)28(44-34)20-25-19-21(2)36(22(25)3)26-15-17-27(18-16-26)38(41)42/h5-20,31H,4H2,1-3H3/b28-20-/t31-/m0/s1. The molecule has 1 atom stereocenters. The van der Waals surface area contributed by atoms with Gasteiger partial charge in [-0.2, -0.15) is 0 Å². The second kappa shape index (κ2) is 11.7. The Labute approximate surface area is 256 Å². The molecule has 10 heteroatoms. The van der Waals surface area contributed by atoms with Gasteiger partial charge in [-0.25, -0.2) is 9.79 Å². The monoisotopic (exact) mass is 604 g/mol. The molecule has 0 saturated carbocycles. The molecule has 0 fully saturated rings. The first-order valence-corrected chi connectivity index (χ1v) is 14.9. The summed E-state index contributed by atoms with van der Waals surface area (Å²) in [6, 6.07) is 26.5. The van der Waals surface area contributed by atoms with Crippen LogP contribution in [0.25, 0.3) is 17.5 Å². The van der Waals surface area contributed by atoms with Gasteiger partial charge in [0, 0.05) is 34.8 Å². The summed E-state index contributed by atoms with van der Waals surface area (Å²) in [7, 11) is 0. The number of non-ortho nitro benzene ring substituents is 1. The van der Waals surface area contributed by atoms with E-state index in [9.17, 15) is 19.7 Å². The average Bonchev–Trinajstić information content (AvgIpc) is 3.50. The van der Waals surface area contributed by atoms with Crippen LogP contribution in [0.15, 0.2) is 106 Å². The Kier molecular flexibility index (Phi) is 7.67. The minimum atomic E-state index is -0.739. The maximum absolute atomic E-state index is 14.2. The fraction of sp³-hybridized carbons (Fsp3) is 0.147. The van der Waals surface area contributed by atoms with Gasteiger partial charge in [0.2, 0.25) is 0 Å². The summed E-state index contributed by atoms with van der Waals surface area (Å²) in [5, 5.41) is 11.1. The summed E-state index contributed by atoms with van der Waals surface area (Å²) in [6.45, 7) is 5.82. The Morgan fingerprint density at radius 1 is 1.02 bits per heavy atom. The van der Waals surface area contributed by atoms with Crippen LogP contribution >= 0.6 is 11.3 Å². The summed E-state index contributed by atoms with van der Waals surface area (Å²) in [5.74, 6) is -0.523. The Balaban J connectivity index is 1.56. The molecule has 2 aromatic heterocycles. The second-order valence-corrected chi connectivity index (χ2v) is 11.3. The highest BCUT2D eigenvalue weighted by atomic mass is 32.1. The molecule has 6 rings (SSSR count). The fourth-order valence-corrected chi connectivity index (χ4v) is 6.58. The van der Waals surface area contributed by atoms with Crippen LogP contribution in [0.3, 0.4) is 0 Å². The van der Waals surface area contributed by atoms with E-state index in [2.05, 4.69) is 0 Å². The molecule has 3 heterocycles.